The zero-order valence-electron chi connectivity index (χ0n) is 14.4. The fourth-order valence-corrected chi connectivity index (χ4v) is 3.69. The van der Waals surface area contributed by atoms with Crippen LogP contribution in [-0.4, -0.2) is 14.1 Å². The average molecular weight is 356 g/mol. The highest BCUT2D eigenvalue weighted by Crippen LogP contribution is 2.31. The molecule has 0 aliphatic carbocycles. The molecule has 130 valence electrons. The number of hydrogen-bond donors (Lipinski definition) is 1. The van der Waals surface area contributed by atoms with E-state index in [0.717, 1.165) is 27.1 Å². The van der Waals surface area contributed by atoms with Crippen LogP contribution in [-0.2, 0) is 13.6 Å². The van der Waals surface area contributed by atoms with Crippen LogP contribution in [0, 0.1) is 6.92 Å². The molecule has 0 fully saturated rings. The summed E-state index contributed by atoms with van der Waals surface area (Å²) >= 11 is 1.46. The van der Waals surface area contributed by atoms with Crippen molar-refractivity contribution in [2.45, 2.75) is 26.8 Å². The van der Waals surface area contributed by atoms with E-state index in [0.29, 0.717) is 12.2 Å². The SMILES string of the molecule is CCCn1c(N)c(-c2csc(-c3ccccc3C)n2)c(=O)n(C)c1=O. The Kier molecular flexibility index (Phi) is 4.59. The summed E-state index contributed by atoms with van der Waals surface area (Å²) in [7, 11) is 1.47. The van der Waals surface area contributed by atoms with E-state index in [-0.39, 0.29) is 11.4 Å². The lowest BCUT2D eigenvalue weighted by molar-refractivity contribution is 0.600. The molecule has 25 heavy (non-hydrogen) atoms. The summed E-state index contributed by atoms with van der Waals surface area (Å²) in [5.41, 5.74) is 8.27. The number of rotatable bonds is 4. The van der Waals surface area contributed by atoms with Crippen molar-refractivity contribution in [3.8, 4) is 21.8 Å². The minimum atomic E-state index is -0.420. The first kappa shape index (κ1) is 17.2. The molecule has 7 heteroatoms. The van der Waals surface area contributed by atoms with Crippen molar-refractivity contribution in [3.05, 3.63) is 56.0 Å². The molecule has 0 amide bonds. The van der Waals surface area contributed by atoms with Gasteiger partial charge < -0.3 is 5.73 Å². The van der Waals surface area contributed by atoms with Crippen LogP contribution < -0.4 is 17.0 Å². The lowest BCUT2D eigenvalue weighted by Crippen LogP contribution is -2.40. The normalized spacial score (nSPS) is 11.0. The summed E-state index contributed by atoms with van der Waals surface area (Å²) in [6.07, 6.45) is 0.743. The molecule has 6 nitrogen and oxygen atoms in total. The Bertz CT molecular complexity index is 1050. The number of benzene rings is 1. The highest BCUT2D eigenvalue weighted by atomic mass is 32.1. The number of nitrogens with two attached hydrogens (primary N) is 1. The highest BCUT2D eigenvalue weighted by Gasteiger charge is 2.19. The van der Waals surface area contributed by atoms with Crippen LogP contribution in [0.5, 0.6) is 0 Å². The number of hydrogen-bond acceptors (Lipinski definition) is 5. The first-order valence-corrected chi connectivity index (χ1v) is 8.94. The standard InChI is InChI=1S/C18H20N4O2S/c1-4-9-22-15(19)14(17(23)21(3)18(22)24)13-10-25-16(20-13)12-8-6-5-7-11(12)2/h5-8,10H,4,9,19H2,1-3H3. The molecule has 0 spiro atoms. The van der Waals surface area contributed by atoms with Crippen molar-refractivity contribution in [2.75, 3.05) is 5.73 Å². The molecule has 0 aliphatic rings. The van der Waals surface area contributed by atoms with Gasteiger partial charge in [-0.1, -0.05) is 31.2 Å². The predicted octanol–water partition coefficient (Wildman–Crippen LogP) is 2.64. The molecular weight excluding hydrogens is 336 g/mol. The van der Waals surface area contributed by atoms with Gasteiger partial charge in [-0.3, -0.25) is 13.9 Å². The number of aryl methyl sites for hydroxylation is 1. The summed E-state index contributed by atoms with van der Waals surface area (Å²) in [5.74, 6) is 0.177. The fourth-order valence-electron chi connectivity index (χ4n) is 2.79. The minimum absolute atomic E-state index is 0.177. The van der Waals surface area contributed by atoms with Crippen LogP contribution >= 0.6 is 11.3 Å². The second-order valence-corrected chi connectivity index (χ2v) is 6.77. The Hall–Kier alpha value is -2.67. The molecule has 2 aromatic heterocycles. The van der Waals surface area contributed by atoms with Gasteiger partial charge in [0, 0.05) is 24.5 Å². The van der Waals surface area contributed by atoms with Crippen molar-refractivity contribution >= 4 is 17.2 Å². The van der Waals surface area contributed by atoms with Crippen LogP contribution in [0.1, 0.15) is 18.9 Å². The van der Waals surface area contributed by atoms with E-state index in [2.05, 4.69) is 4.98 Å². The van der Waals surface area contributed by atoms with Gasteiger partial charge in [0.15, 0.2) is 0 Å². The van der Waals surface area contributed by atoms with Gasteiger partial charge in [0.25, 0.3) is 5.56 Å². The van der Waals surface area contributed by atoms with Crippen LogP contribution in [0.2, 0.25) is 0 Å². The molecule has 3 aromatic rings. The molecule has 0 aliphatic heterocycles. The molecule has 0 bridgehead atoms. The van der Waals surface area contributed by atoms with Crippen molar-refractivity contribution < 1.29 is 0 Å². The van der Waals surface area contributed by atoms with Crippen molar-refractivity contribution in [2.24, 2.45) is 7.05 Å². The molecule has 2 N–H and O–H groups in total. The smallest absolute Gasteiger partial charge is 0.332 e. The molecule has 0 radical (unpaired) electrons. The van der Waals surface area contributed by atoms with E-state index >= 15 is 0 Å². The Morgan fingerprint density at radius 3 is 2.64 bits per heavy atom. The van der Waals surface area contributed by atoms with Gasteiger partial charge >= 0.3 is 5.69 Å². The van der Waals surface area contributed by atoms with Gasteiger partial charge in [-0.2, -0.15) is 0 Å². The largest absolute Gasteiger partial charge is 0.384 e. The summed E-state index contributed by atoms with van der Waals surface area (Å²) in [5, 5.41) is 2.64. The third-order valence-electron chi connectivity index (χ3n) is 4.17. The van der Waals surface area contributed by atoms with E-state index in [4.69, 9.17) is 5.73 Å². The van der Waals surface area contributed by atoms with Crippen molar-refractivity contribution in [3.63, 3.8) is 0 Å². The maximum atomic E-state index is 12.6. The van der Waals surface area contributed by atoms with Crippen LogP contribution in [0.3, 0.4) is 0 Å². The monoisotopic (exact) mass is 356 g/mol. The minimum Gasteiger partial charge on any atom is -0.384 e. The number of aromatic nitrogens is 3. The first-order valence-electron chi connectivity index (χ1n) is 8.06. The number of nitrogens with zero attached hydrogens (tertiary/aromatic N) is 3. The summed E-state index contributed by atoms with van der Waals surface area (Å²) in [6, 6.07) is 7.95. The Morgan fingerprint density at radius 1 is 1.24 bits per heavy atom. The third-order valence-corrected chi connectivity index (χ3v) is 5.04. The van der Waals surface area contributed by atoms with E-state index in [1.807, 2.05) is 43.5 Å². The summed E-state index contributed by atoms with van der Waals surface area (Å²) in [4.78, 5) is 29.5. The van der Waals surface area contributed by atoms with Gasteiger partial charge in [0.1, 0.15) is 16.4 Å². The Morgan fingerprint density at radius 2 is 1.96 bits per heavy atom. The molecule has 3 rings (SSSR count). The third kappa shape index (κ3) is 2.91. The molecular formula is C18H20N4O2S. The second kappa shape index (κ2) is 6.68. The number of anilines is 1. The number of thiazole rings is 1. The zero-order chi connectivity index (χ0) is 18.1. The topological polar surface area (TPSA) is 82.9 Å². The zero-order valence-corrected chi connectivity index (χ0v) is 15.3. The highest BCUT2D eigenvalue weighted by molar-refractivity contribution is 7.13. The van der Waals surface area contributed by atoms with Gasteiger partial charge in [-0.05, 0) is 18.9 Å². The molecule has 2 heterocycles. The van der Waals surface area contributed by atoms with Gasteiger partial charge in [0.05, 0.1) is 5.69 Å². The first-order chi connectivity index (χ1) is 12.0. The quantitative estimate of drug-likeness (QED) is 0.779. The molecule has 1 aromatic carbocycles. The van der Waals surface area contributed by atoms with Crippen molar-refractivity contribution in [1.82, 2.24) is 14.1 Å². The van der Waals surface area contributed by atoms with E-state index < -0.39 is 11.2 Å². The lowest BCUT2D eigenvalue weighted by atomic mass is 10.1. The Balaban J connectivity index is 2.20. The molecule has 0 atom stereocenters. The van der Waals surface area contributed by atoms with E-state index in [1.54, 1.807) is 0 Å². The van der Waals surface area contributed by atoms with Crippen molar-refractivity contribution in [1.29, 1.82) is 0 Å². The van der Waals surface area contributed by atoms with Crippen LogP contribution in [0.25, 0.3) is 21.8 Å². The second-order valence-electron chi connectivity index (χ2n) is 5.91. The summed E-state index contributed by atoms with van der Waals surface area (Å²) in [6.45, 7) is 4.43. The van der Waals surface area contributed by atoms with Crippen LogP contribution in [0.4, 0.5) is 5.82 Å². The predicted molar refractivity (Wildman–Crippen MR) is 102 cm³/mol. The van der Waals surface area contributed by atoms with Gasteiger partial charge in [-0.15, -0.1) is 11.3 Å². The average Bonchev–Trinajstić information content (AvgIpc) is 3.07. The van der Waals surface area contributed by atoms with E-state index in [1.165, 1.54) is 23.0 Å². The van der Waals surface area contributed by atoms with Crippen LogP contribution in [0.15, 0.2) is 39.2 Å². The maximum absolute atomic E-state index is 12.6. The molecule has 0 saturated carbocycles. The van der Waals surface area contributed by atoms with E-state index in [9.17, 15) is 9.59 Å². The fraction of sp³-hybridized carbons (Fsp3) is 0.278. The Labute approximate surface area is 149 Å². The number of nitrogen functional groups attached to an aromatic ring is 1. The lowest BCUT2D eigenvalue weighted by Gasteiger charge is -2.13. The summed E-state index contributed by atoms with van der Waals surface area (Å²) < 4.78 is 2.53. The maximum Gasteiger partial charge on any atom is 0.332 e. The molecule has 0 unspecified atom stereocenters. The van der Waals surface area contributed by atoms with Gasteiger partial charge in [-0.25, -0.2) is 9.78 Å². The molecule has 0 saturated heterocycles. The van der Waals surface area contributed by atoms with Gasteiger partial charge in [0.2, 0.25) is 0 Å².